The van der Waals surface area contributed by atoms with Crippen molar-refractivity contribution in [1.82, 2.24) is 14.6 Å². The minimum absolute atomic E-state index is 0.0611. The Morgan fingerprint density at radius 3 is 2.40 bits per heavy atom. The summed E-state index contributed by atoms with van der Waals surface area (Å²) in [6.07, 6.45) is -3.90. The van der Waals surface area contributed by atoms with Crippen molar-refractivity contribution in [3.8, 4) is 11.1 Å². The summed E-state index contributed by atoms with van der Waals surface area (Å²) < 4.78 is 42.6. The molecule has 8 heteroatoms. The molecule has 0 bridgehead atoms. The number of aromatic nitrogens is 3. The van der Waals surface area contributed by atoms with Crippen molar-refractivity contribution in [2.45, 2.75) is 19.5 Å². The zero-order valence-corrected chi connectivity index (χ0v) is 16.8. The fourth-order valence-electron chi connectivity index (χ4n) is 3.33. The molecule has 154 valence electrons. The maximum atomic E-state index is 13.8. The second kappa shape index (κ2) is 7.99. The predicted octanol–water partition coefficient (Wildman–Crippen LogP) is 6.03. The van der Waals surface area contributed by atoms with Crippen LogP contribution in [0.15, 0.2) is 60.7 Å². The molecule has 0 amide bonds. The molecule has 2 aromatic heterocycles. The summed E-state index contributed by atoms with van der Waals surface area (Å²) in [7, 11) is 0. The van der Waals surface area contributed by atoms with Crippen molar-refractivity contribution in [2.75, 3.05) is 11.9 Å². The van der Waals surface area contributed by atoms with Crippen molar-refractivity contribution < 1.29 is 13.2 Å². The van der Waals surface area contributed by atoms with Gasteiger partial charge in [0.25, 0.3) is 0 Å². The highest BCUT2D eigenvalue weighted by atomic mass is 35.5. The van der Waals surface area contributed by atoms with E-state index in [0.29, 0.717) is 28.6 Å². The number of alkyl halides is 3. The maximum absolute atomic E-state index is 13.8. The molecule has 0 saturated carbocycles. The number of aryl methyl sites for hydroxylation is 1. The topological polar surface area (TPSA) is 42.2 Å². The number of halogens is 4. The Morgan fingerprint density at radius 1 is 1.03 bits per heavy atom. The van der Waals surface area contributed by atoms with E-state index in [4.69, 9.17) is 11.6 Å². The SMILES string of the molecule is Cc1cc(NCCc2ccccc2)n2nc(C(F)(F)F)c(-c3ccc(Cl)cc3)c2n1. The number of rotatable bonds is 5. The molecular formula is C22H18ClF3N4. The molecule has 4 aromatic rings. The third-order valence-corrected chi connectivity index (χ3v) is 4.93. The van der Waals surface area contributed by atoms with Crippen LogP contribution in [0, 0.1) is 6.92 Å². The van der Waals surface area contributed by atoms with E-state index in [1.807, 2.05) is 30.3 Å². The summed E-state index contributed by atoms with van der Waals surface area (Å²) in [6.45, 7) is 2.29. The maximum Gasteiger partial charge on any atom is 0.435 e. The molecule has 0 radical (unpaired) electrons. The van der Waals surface area contributed by atoms with E-state index in [1.165, 1.54) is 4.52 Å². The zero-order chi connectivity index (χ0) is 21.3. The Hall–Kier alpha value is -3.06. The van der Waals surface area contributed by atoms with Crippen LogP contribution >= 0.6 is 11.6 Å². The van der Waals surface area contributed by atoms with Crippen LogP contribution in [0.4, 0.5) is 19.0 Å². The van der Waals surface area contributed by atoms with Gasteiger partial charge in [-0.2, -0.15) is 22.8 Å². The molecular weight excluding hydrogens is 413 g/mol. The Morgan fingerprint density at radius 2 is 1.73 bits per heavy atom. The Bertz CT molecular complexity index is 1170. The van der Waals surface area contributed by atoms with E-state index in [1.54, 1.807) is 37.3 Å². The van der Waals surface area contributed by atoms with E-state index in [9.17, 15) is 13.2 Å². The van der Waals surface area contributed by atoms with Crippen LogP contribution in [0.5, 0.6) is 0 Å². The van der Waals surface area contributed by atoms with Crippen molar-refractivity contribution in [2.24, 2.45) is 0 Å². The second-order valence-corrected chi connectivity index (χ2v) is 7.35. The second-order valence-electron chi connectivity index (χ2n) is 6.91. The van der Waals surface area contributed by atoms with E-state index in [2.05, 4.69) is 15.4 Å². The molecule has 0 spiro atoms. The molecule has 1 N–H and O–H groups in total. The molecule has 0 aliphatic rings. The molecule has 0 saturated heterocycles. The van der Waals surface area contributed by atoms with Crippen molar-refractivity contribution in [3.05, 3.63) is 82.6 Å². The van der Waals surface area contributed by atoms with Crippen LogP contribution < -0.4 is 5.32 Å². The monoisotopic (exact) mass is 430 g/mol. The van der Waals surface area contributed by atoms with Crippen molar-refractivity contribution >= 4 is 23.1 Å². The van der Waals surface area contributed by atoms with E-state index in [-0.39, 0.29) is 11.2 Å². The first kappa shape index (κ1) is 20.2. The van der Waals surface area contributed by atoms with Crippen LogP contribution in [-0.4, -0.2) is 21.1 Å². The molecule has 2 aromatic carbocycles. The first-order valence-corrected chi connectivity index (χ1v) is 9.72. The molecule has 0 fully saturated rings. The van der Waals surface area contributed by atoms with Gasteiger partial charge in [-0.3, -0.25) is 0 Å². The van der Waals surface area contributed by atoms with E-state index >= 15 is 0 Å². The lowest BCUT2D eigenvalue weighted by atomic mass is 10.1. The molecule has 4 rings (SSSR count). The summed E-state index contributed by atoms with van der Waals surface area (Å²) >= 11 is 5.91. The third kappa shape index (κ3) is 4.11. The average molecular weight is 431 g/mol. The number of hydrogen-bond donors (Lipinski definition) is 1. The molecule has 0 unspecified atom stereocenters. The van der Waals surface area contributed by atoms with Gasteiger partial charge in [0.15, 0.2) is 11.3 Å². The van der Waals surface area contributed by atoms with Crippen LogP contribution in [0.1, 0.15) is 17.0 Å². The molecule has 2 heterocycles. The summed E-state index contributed by atoms with van der Waals surface area (Å²) in [4.78, 5) is 4.36. The Labute approximate surface area is 176 Å². The van der Waals surface area contributed by atoms with E-state index in [0.717, 1.165) is 12.0 Å². The number of benzene rings is 2. The molecule has 30 heavy (non-hydrogen) atoms. The van der Waals surface area contributed by atoms with E-state index < -0.39 is 11.9 Å². The number of fused-ring (bicyclic) bond motifs is 1. The first-order valence-electron chi connectivity index (χ1n) is 9.34. The highest BCUT2D eigenvalue weighted by molar-refractivity contribution is 6.30. The number of nitrogens with one attached hydrogen (secondary N) is 1. The first-order chi connectivity index (χ1) is 14.3. The Balaban J connectivity index is 1.78. The number of anilines is 1. The van der Waals surface area contributed by atoms with Crippen LogP contribution in [0.3, 0.4) is 0 Å². The summed E-state index contributed by atoms with van der Waals surface area (Å²) in [5.74, 6) is 0.458. The smallest absolute Gasteiger partial charge is 0.370 e. The van der Waals surface area contributed by atoms with Crippen LogP contribution in [0.2, 0.25) is 5.02 Å². The standard InChI is InChI=1S/C22H18ClF3N4/c1-14-13-18(27-12-11-15-5-3-2-4-6-15)30-21(28-14)19(20(29-30)22(24,25)26)16-7-9-17(23)10-8-16/h2-10,13,27H,11-12H2,1H3. The molecule has 4 nitrogen and oxygen atoms in total. The number of hydrogen-bond acceptors (Lipinski definition) is 3. The van der Waals surface area contributed by atoms with Gasteiger partial charge in [0, 0.05) is 23.3 Å². The normalized spacial score (nSPS) is 11.8. The fraction of sp³-hybridized carbons (Fsp3) is 0.182. The van der Waals surface area contributed by atoms with Gasteiger partial charge in [0.1, 0.15) is 5.82 Å². The fourth-order valence-corrected chi connectivity index (χ4v) is 3.45. The number of nitrogens with zero attached hydrogens (tertiary/aromatic N) is 3. The largest absolute Gasteiger partial charge is 0.435 e. The van der Waals surface area contributed by atoms with Gasteiger partial charge >= 0.3 is 6.18 Å². The lowest BCUT2D eigenvalue weighted by Crippen LogP contribution is -2.11. The highest BCUT2D eigenvalue weighted by Crippen LogP contribution is 2.39. The Kier molecular flexibility index (Phi) is 5.39. The summed E-state index contributed by atoms with van der Waals surface area (Å²) in [5, 5.41) is 7.53. The minimum atomic E-state index is -4.63. The minimum Gasteiger partial charge on any atom is -0.370 e. The molecule has 0 atom stereocenters. The summed E-state index contributed by atoms with van der Waals surface area (Å²) in [6, 6.07) is 17.7. The predicted molar refractivity (Wildman–Crippen MR) is 112 cm³/mol. The van der Waals surface area contributed by atoms with Gasteiger partial charge in [-0.05, 0) is 36.6 Å². The van der Waals surface area contributed by atoms with Gasteiger partial charge in [-0.15, -0.1) is 0 Å². The lowest BCUT2D eigenvalue weighted by molar-refractivity contribution is -0.140. The van der Waals surface area contributed by atoms with Crippen molar-refractivity contribution in [1.29, 1.82) is 0 Å². The average Bonchev–Trinajstić information content (AvgIpc) is 3.09. The lowest BCUT2D eigenvalue weighted by Gasteiger charge is -2.10. The van der Waals surface area contributed by atoms with Crippen LogP contribution in [-0.2, 0) is 12.6 Å². The van der Waals surface area contributed by atoms with Gasteiger partial charge in [-0.25, -0.2) is 4.98 Å². The summed E-state index contributed by atoms with van der Waals surface area (Å²) in [5.41, 5.74) is 1.18. The van der Waals surface area contributed by atoms with Gasteiger partial charge in [0.2, 0.25) is 0 Å². The molecule has 0 aliphatic carbocycles. The molecule has 0 aliphatic heterocycles. The van der Waals surface area contributed by atoms with Gasteiger partial charge in [0.05, 0.1) is 5.56 Å². The van der Waals surface area contributed by atoms with Crippen molar-refractivity contribution in [3.63, 3.8) is 0 Å². The van der Waals surface area contributed by atoms with Gasteiger partial charge in [-0.1, -0.05) is 54.1 Å². The quantitative estimate of drug-likeness (QED) is 0.420. The van der Waals surface area contributed by atoms with Crippen LogP contribution in [0.25, 0.3) is 16.8 Å². The third-order valence-electron chi connectivity index (χ3n) is 4.68. The highest BCUT2D eigenvalue weighted by Gasteiger charge is 2.39. The zero-order valence-electron chi connectivity index (χ0n) is 16.0. The van der Waals surface area contributed by atoms with Gasteiger partial charge < -0.3 is 5.32 Å².